The van der Waals surface area contributed by atoms with Crippen LogP contribution in [0.2, 0.25) is 0 Å². The molecule has 0 fully saturated rings. The van der Waals surface area contributed by atoms with E-state index >= 15 is 0 Å². The number of aromatic nitrogens is 3. The highest BCUT2D eigenvalue weighted by Crippen LogP contribution is 2.29. The van der Waals surface area contributed by atoms with Crippen molar-refractivity contribution in [2.75, 3.05) is 7.11 Å². The van der Waals surface area contributed by atoms with Crippen molar-refractivity contribution in [1.82, 2.24) is 19.7 Å². The average Bonchev–Trinajstić information content (AvgIpc) is 3.00. The summed E-state index contributed by atoms with van der Waals surface area (Å²) in [5.74, 6) is 1.45. The number of hydrogen-bond acceptors (Lipinski definition) is 5. The number of aryl methyl sites for hydroxylation is 1. The molecule has 0 spiro atoms. The molecule has 0 radical (unpaired) electrons. The first-order valence-electron chi connectivity index (χ1n) is 8.48. The van der Waals surface area contributed by atoms with E-state index in [4.69, 9.17) is 4.74 Å². The topological polar surface area (TPSA) is 80.5 Å². The summed E-state index contributed by atoms with van der Waals surface area (Å²) in [6.07, 6.45) is 0. The molecule has 3 aromatic rings. The molecular weight excluding hydrogens is 332 g/mol. The third-order valence-corrected chi connectivity index (χ3v) is 4.96. The number of carboxylic acid groups (broad SMARTS) is 1. The quantitative estimate of drug-likeness (QED) is 0.775. The van der Waals surface area contributed by atoms with E-state index in [0.29, 0.717) is 19.6 Å². The average molecular weight is 352 g/mol. The Bertz CT molecular complexity index is 982. The van der Waals surface area contributed by atoms with Gasteiger partial charge < -0.3 is 14.4 Å². The van der Waals surface area contributed by atoms with E-state index < -0.39 is 12.0 Å². The molecule has 0 bridgehead atoms. The Kier molecular flexibility index (Phi) is 4.08. The Balaban J connectivity index is 1.71. The monoisotopic (exact) mass is 352 g/mol. The molecule has 0 saturated heterocycles. The molecule has 0 amide bonds. The van der Waals surface area contributed by atoms with Gasteiger partial charge in [-0.1, -0.05) is 24.3 Å². The van der Waals surface area contributed by atoms with Gasteiger partial charge >= 0.3 is 5.97 Å². The SMILES string of the molecule is COc1cc2ccccc2cc1CN1Cc2nnc(C)n2CC1C(=O)O. The van der Waals surface area contributed by atoms with Crippen molar-refractivity contribution in [2.45, 2.75) is 32.6 Å². The zero-order valence-corrected chi connectivity index (χ0v) is 14.7. The van der Waals surface area contributed by atoms with Gasteiger partial charge in [0.1, 0.15) is 23.4 Å². The van der Waals surface area contributed by atoms with Gasteiger partial charge in [0, 0.05) is 12.1 Å². The zero-order chi connectivity index (χ0) is 18.3. The molecular formula is C19H20N4O3. The fourth-order valence-corrected chi connectivity index (χ4v) is 3.56. The highest BCUT2D eigenvalue weighted by Gasteiger charge is 2.33. The molecule has 1 atom stereocenters. The van der Waals surface area contributed by atoms with Crippen molar-refractivity contribution in [3.8, 4) is 5.75 Å². The van der Waals surface area contributed by atoms with Crippen LogP contribution in [0.5, 0.6) is 5.75 Å². The first-order chi connectivity index (χ1) is 12.6. The van der Waals surface area contributed by atoms with Gasteiger partial charge in [0.15, 0.2) is 0 Å². The van der Waals surface area contributed by atoms with E-state index in [-0.39, 0.29) is 0 Å². The third kappa shape index (κ3) is 2.80. The number of fused-ring (bicyclic) bond motifs is 2. The van der Waals surface area contributed by atoms with Crippen molar-refractivity contribution in [3.63, 3.8) is 0 Å². The summed E-state index contributed by atoms with van der Waals surface area (Å²) in [7, 11) is 1.64. The number of benzene rings is 2. The lowest BCUT2D eigenvalue weighted by molar-refractivity contribution is -0.145. The van der Waals surface area contributed by atoms with Gasteiger partial charge in [0.2, 0.25) is 0 Å². The van der Waals surface area contributed by atoms with E-state index in [9.17, 15) is 9.90 Å². The van der Waals surface area contributed by atoms with E-state index in [2.05, 4.69) is 16.3 Å². The second-order valence-electron chi connectivity index (χ2n) is 6.54. The molecule has 1 aliphatic heterocycles. The van der Waals surface area contributed by atoms with Crippen LogP contribution in [-0.4, -0.2) is 43.9 Å². The van der Waals surface area contributed by atoms with Crippen LogP contribution in [0, 0.1) is 6.92 Å². The Morgan fingerprint density at radius 1 is 1.27 bits per heavy atom. The van der Waals surface area contributed by atoms with Gasteiger partial charge in [-0.3, -0.25) is 9.69 Å². The van der Waals surface area contributed by atoms with Crippen LogP contribution in [0.1, 0.15) is 17.2 Å². The Hall–Kier alpha value is -2.93. The number of hydrogen-bond donors (Lipinski definition) is 1. The normalized spacial score (nSPS) is 17.2. The van der Waals surface area contributed by atoms with Gasteiger partial charge in [-0.2, -0.15) is 0 Å². The number of aliphatic carboxylic acids is 1. The highest BCUT2D eigenvalue weighted by atomic mass is 16.5. The van der Waals surface area contributed by atoms with Crippen LogP contribution in [0.4, 0.5) is 0 Å². The van der Waals surface area contributed by atoms with Crippen molar-refractivity contribution in [3.05, 3.63) is 53.6 Å². The summed E-state index contributed by atoms with van der Waals surface area (Å²) in [5.41, 5.74) is 0.960. The number of nitrogens with zero attached hydrogens (tertiary/aromatic N) is 4. The lowest BCUT2D eigenvalue weighted by Crippen LogP contribution is -2.47. The molecule has 26 heavy (non-hydrogen) atoms. The van der Waals surface area contributed by atoms with Crippen molar-refractivity contribution < 1.29 is 14.6 Å². The number of carbonyl (C=O) groups is 1. The van der Waals surface area contributed by atoms with Crippen molar-refractivity contribution in [2.24, 2.45) is 0 Å². The van der Waals surface area contributed by atoms with Crippen LogP contribution in [0.15, 0.2) is 36.4 Å². The highest BCUT2D eigenvalue weighted by molar-refractivity contribution is 5.85. The van der Waals surface area contributed by atoms with Crippen molar-refractivity contribution >= 4 is 16.7 Å². The maximum absolute atomic E-state index is 11.8. The van der Waals surface area contributed by atoms with E-state index in [1.807, 2.05) is 46.7 Å². The first-order valence-corrected chi connectivity index (χ1v) is 8.48. The lowest BCUT2D eigenvalue weighted by Gasteiger charge is -2.33. The second-order valence-corrected chi connectivity index (χ2v) is 6.54. The molecule has 134 valence electrons. The molecule has 0 saturated carbocycles. The molecule has 7 nitrogen and oxygen atoms in total. The van der Waals surface area contributed by atoms with Crippen LogP contribution in [-0.2, 0) is 24.4 Å². The van der Waals surface area contributed by atoms with E-state index in [1.54, 1.807) is 7.11 Å². The van der Waals surface area contributed by atoms with Crippen LogP contribution >= 0.6 is 0 Å². The van der Waals surface area contributed by atoms with Crippen LogP contribution in [0.3, 0.4) is 0 Å². The maximum Gasteiger partial charge on any atom is 0.322 e. The molecule has 7 heteroatoms. The molecule has 2 heterocycles. The minimum atomic E-state index is -0.844. The molecule has 1 aliphatic rings. The second kappa shape index (κ2) is 6.42. The number of carboxylic acids is 1. The number of rotatable bonds is 4. The first kappa shape index (κ1) is 16.5. The van der Waals surface area contributed by atoms with Gasteiger partial charge in [0.05, 0.1) is 20.2 Å². The smallest absolute Gasteiger partial charge is 0.322 e. The number of ether oxygens (including phenoxy) is 1. The largest absolute Gasteiger partial charge is 0.496 e. The Labute approximate surface area is 150 Å². The van der Waals surface area contributed by atoms with E-state index in [1.165, 1.54) is 0 Å². The van der Waals surface area contributed by atoms with Crippen molar-refractivity contribution in [1.29, 1.82) is 0 Å². The Morgan fingerprint density at radius 3 is 2.69 bits per heavy atom. The third-order valence-electron chi connectivity index (χ3n) is 4.96. The molecule has 2 aromatic carbocycles. The molecule has 1 unspecified atom stereocenters. The summed E-state index contributed by atoms with van der Waals surface area (Å²) in [4.78, 5) is 13.8. The minimum Gasteiger partial charge on any atom is -0.496 e. The van der Waals surface area contributed by atoms with Crippen LogP contribution in [0.25, 0.3) is 10.8 Å². The summed E-state index contributed by atoms with van der Waals surface area (Å²) in [6.45, 7) is 3.10. The van der Waals surface area contributed by atoms with E-state index in [0.717, 1.165) is 33.7 Å². The number of methoxy groups -OCH3 is 1. The summed E-state index contributed by atoms with van der Waals surface area (Å²) < 4.78 is 7.44. The fraction of sp³-hybridized carbons (Fsp3) is 0.316. The summed E-state index contributed by atoms with van der Waals surface area (Å²) in [6, 6.07) is 11.5. The van der Waals surface area contributed by atoms with Gasteiger partial charge in [-0.15, -0.1) is 10.2 Å². The van der Waals surface area contributed by atoms with Gasteiger partial charge in [0.25, 0.3) is 0 Å². The zero-order valence-electron chi connectivity index (χ0n) is 14.7. The Morgan fingerprint density at radius 2 is 2.00 bits per heavy atom. The lowest BCUT2D eigenvalue weighted by atomic mass is 10.0. The predicted octanol–water partition coefficient (Wildman–Crippen LogP) is 2.22. The maximum atomic E-state index is 11.8. The summed E-state index contributed by atoms with van der Waals surface area (Å²) in [5, 5.41) is 20.2. The molecule has 0 aliphatic carbocycles. The van der Waals surface area contributed by atoms with Gasteiger partial charge in [-0.25, -0.2) is 0 Å². The minimum absolute atomic E-state index is 0.347. The standard InChI is InChI=1S/C19H20N4O3/c1-12-20-21-18-11-22(16(19(24)25)10-23(12)18)9-15-7-13-5-3-4-6-14(13)8-17(15)26-2/h3-8,16H,9-11H2,1-2H3,(H,24,25). The summed E-state index contributed by atoms with van der Waals surface area (Å²) >= 11 is 0. The van der Waals surface area contributed by atoms with Crippen LogP contribution < -0.4 is 4.74 Å². The molecule has 1 aromatic heterocycles. The fourth-order valence-electron chi connectivity index (χ4n) is 3.56. The predicted molar refractivity (Wildman–Crippen MR) is 95.9 cm³/mol. The molecule has 4 rings (SSSR count). The molecule has 1 N–H and O–H groups in total. The van der Waals surface area contributed by atoms with Gasteiger partial charge in [-0.05, 0) is 29.8 Å².